The quantitative estimate of drug-likeness (QED) is 0.266. The third-order valence-corrected chi connectivity index (χ3v) is 5.02. The van der Waals surface area contributed by atoms with E-state index < -0.39 is 11.9 Å². The monoisotopic (exact) mass is 550 g/mol. The van der Waals surface area contributed by atoms with Crippen LogP contribution in [0.2, 0.25) is 0 Å². The first-order chi connectivity index (χ1) is 14.0. The number of halogens is 4. The molecule has 0 unspecified atom stereocenters. The van der Waals surface area contributed by atoms with E-state index in [2.05, 4.69) is 37.8 Å². The molecule has 11 heteroatoms. The highest BCUT2D eigenvalue weighted by atomic mass is 127. The van der Waals surface area contributed by atoms with Crippen LogP contribution < -0.4 is 10.6 Å². The number of nitrogens with zero attached hydrogens (tertiary/aromatic N) is 4. The first kappa shape index (κ1) is 24.1. The van der Waals surface area contributed by atoms with Crippen molar-refractivity contribution in [3.63, 3.8) is 0 Å². The SMILES string of the molecule is CN=C(NCCc1ccc(-n2cccn2)cc1)NCCc1nc(C(F)(F)F)cs1.I. The van der Waals surface area contributed by atoms with E-state index >= 15 is 0 Å². The number of alkyl halides is 3. The second-order valence-corrected chi connectivity index (χ2v) is 7.11. The summed E-state index contributed by atoms with van der Waals surface area (Å²) in [6.07, 6.45) is 0.441. The highest BCUT2D eigenvalue weighted by molar-refractivity contribution is 14.0. The van der Waals surface area contributed by atoms with Gasteiger partial charge in [0.05, 0.1) is 10.7 Å². The third-order valence-electron chi connectivity index (χ3n) is 4.11. The Balaban J connectivity index is 0.00000320. The molecule has 0 spiro atoms. The minimum absolute atomic E-state index is 0. The number of hydrogen-bond acceptors (Lipinski definition) is 4. The molecule has 2 heterocycles. The third kappa shape index (κ3) is 6.97. The van der Waals surface area contributed by atoms with Gasteiger partial charge in [-0.05, 0) is 30.2 Å². The highest BCUT2D eigenvalue weighted by Crippen LogP contribution is 2.29. The van der Waals surface area contributed by atoms with Crippen molar-refractivity contribution in [2.45, 2.75) is 19.0 Å². The molecule has 3 rings (SSSR count). The number of aliphatic imine (C=N–C) groups is 1. The van der Waals surface area contributed by atoms with E-state index in [-0.39, 0.29) is 24.0 Å². The molecule has 0 aliphatic carbocycles. The molecule has 6 nitrogen and oxygen atoms in total. The number of benzene rings is 1. The summed E-state index contributed by atoms with van der Waals surface area (Å²) in [5.41, 5.74) is 1.34. The molecule has 1 aromatic carbocycles. The molecule has 30 heavy (non-hydrogen) atoms. The Labute approximate surface area is 193 Å². The summed E-state index contributed by atoms with van der Waals surface area (Å²) in [6, 6.07) is 10.0. The zero-order valence-corrected chi connectivity index (χ0v) is 19.3. The summed E-state index contributed by atoms with van der Waals surface area (Å²) in [4.78, 5) is 7.75. The van der Waals surface area contributed by atoms with Gasteiger partial charge in [-0.25, -0.2) is 9.67 Å². The summed E-state index contributed by atoms with van der Waals surface area (Å²) < 4.78 is 39.5. The Morgan fingerprint density at radius 1 is 1.13 bits per heavy atom. The van der Waals surface area contributed by atoms with Gasteiger partial charge in [0.2, 0.25) is 0 Å². The lowest BCUT2D eigenvalue weighted by Gasteiger charge is -2.11. The molecule has 0 fully saturated rings. The van der Waals surface area contributed by atoms with Gasteiger partial charge in [-0.3, -0.25) is 4.99 Å². The van der Waals surface area contributed by atoms with Crippen LogP contribution in [0, 0.1) is 0 Å². The van der Waals surface area contributed by atoms with Crippen molar-refractivity contribution < 1.29 is 13.2 Å². The van der Waals surface area contributed by atoms with Gasteiger partial charge in [-0.1, -0.05) is 12.1 Å². The summed E-state index contributed by atoms with van der Waals surface area (Å²) in [7, 11) is 1.65. The number of aromatic nitrogens is 3. The molecule has 3 aromatic rings. The molecule has 0 saturated heterocycles. The van der Waals surface area contributed by atoms with Crippen LogP contribution in [0.1, 0.15) is 16.3 Å². The lowest BCUT2D eigenvalue weighted by molar-refractivity contribution is -0.140. The summed E-state index contributed by atoms with van der Waals surface area (Å²) in [5.74, 6) is 0.603. The van der Waals surface area contributed by atoms with Gasteiger partial charge < -0.3 is 10.6 Å². The van der Waals surface area contributed by atoms with Crippen molar-refractivity contribution in [3.8, 4) is 5.69 Å². The number of hydrogen-bond donors (Lipinski definition) is 2. The summed E-state index contributed by atoms with van der Waals surface area (Å²) in [6.45, 7) is 1.12. The van der Waals surface area contributed by atoms with Crippen molar-refractivity contribution in [2.24, 2.45) is 4.99 Å². The molecule has 0 amide bonds. The van der Waals surface area contributed by atoms with E-state index in [1.165, 1.54) is 5.56 Å². The Bertz CT molecular complexity index is 923. The molecule has 2 N–H and O–H groups in total. The molecule has 0 atom stereocenters. The smallest absolute Gasteiger partial charge is 0.356 e. The highest BCUT2D eigenvalue weighted by Gasteiger charge is 2.33. The second-order valence-electron chi connectivity index (χ2n) is 6.17. The lowest BCUT2D eigenvalue weighted by atomic mass is 10.1. The van der Waals surface area contributed by atoms with Gasteiger partial charge in [0.15, 0.2) is 11.7 Å². The Kier molecular flexibility index (Phi) is 9.08. The summed E-state index contributed by atoms with van der Waals surface area (Å²) in [5, 5.41) is 12.0. The van der Waals surface area contributed by atoms with Gasteiger partial charge in [0.25, 0.3) is 0 Å². The Morgan fingerprint density at radius 3 is 2.40 bits per heavy atom. The van der Waals surface area contributed by atoms with Gasteiger partial charge in [0, 0.05) is 44.3 Å². The fourth-order valence-electron chi connectivity index (χ4n) is 2.63. The lowest BCUT2D eigenvalue weighted by Crippen LogP contribution is -2.39. The molecule has 0 saturated carbocycles. The van der Waals surface area contributed by atoms with Gasteiger partial charge in [-0.15, -0.1) is 35.3 Å². The van der Waals surface area contributed by atoms with Gasteiger partial charge >= 0.3 is 6.18 Å². The van der Waals surface area contributed by atoms with Crippen LogP contribution in [0.3, 0.4) is 0 Å². The molecule has 2 aromatic heterocycles. The summed E-state index contributed by atoms with van der Waals surface area (Å²) >= 11 is 1.01. The Morgan fingerprint density at radius 2 is 1.83 bits per heavy atom. The number of guanidine groups is 1. The predicted octanol–water partition coefficient (Wildman–Crippen LogP) is 3.92. The molecule has 162 valence electrons. The normalized spacial score (nSPS) is 11.8. The predicted molar refractivity (Wildman–Crippen MR) is 123 cm³/mol. The molecular weight excluding hydrogens is 528 g/mol. The van der Waals surface area contributed by atoms with Crippen LogP contribution in [-0.2, 0) is 19.0 Å². The molecule has 0 radical (unpaired) electrons. The first-order valence-corrected chi connectivity index (χ1v) is 9.89. The molecule has 0 aliphatic rings. The maximum atomic E-state index is 12.6. The van der Waals surface area contributed by atoms with Crippen molar-refractivity contribution in [1.29, 1.82) is 0 Å². The second kappa shape index (κ2) is 11.3. The standard InChI is InChI=1S/C19H21F3N6S.HI/c1-23-18(25-11-8-17-27-16(13-29-17)19(20,21)22)24-10-7-14-3-5-15(6-4-14)28-12-2-9-26-28;/h2-6,9,12-13H,7-8,10-11H2,1H3,(H2,23,24,25);1H. The minimum atomic E-state index is -4.39. The van der Waals surface area contributed by atoms with Crippen LogP contribution in [0.5, 0.6) is 0 Å². The van der Waals surface area contributed by atoms with E-state index in [0.717, 1.165) is 28.8 Å². The first-order valence-electron chi connectivity index (χ1n) is 9.01. The van der Waals surface area contributed by atoms with Gasteiger partial charge in [0.1, 0.15) is 0 Å². The minimum Gasteiger partial charge on any atom is -0.356 e. The maximum Gasteiger partial charge on any atom is 0.434 e. The number of rotatable bonds is 7. The largest absolute Gasteiger partial charge is 0.434 e. The van der Waals surface area contributed by atoms with Crippen molar-refractivity contribution in [1.82, 2.24) is 25.4 Å². The van der Waals surface area contributed by atoms with Crippen molar-refractivity contribution >= 4 is 41.3 Å². The number of thiazole rings is 1. The maximum absolute atomic E-state index is 12.6. The fourth-order valence-corrected chi connectivity index (χ4v) is 3.43. The van der Waals surface area contributed by atoms with E-state index in [1.54, 1.807) is 17.9 Å². The average Bonchev–Trinajstić information content (AvgIpc) is 3.39. The molecule has 0 aliphatic heterocycles. The van der Waals surface area contributed by atoms with E-state index in [0.29, 0.717) is 30.5 Å². The van der Waals surface area contributed by atoms with E-state index in [1.807, 2.05) is 24.4 Å². The van der Waals surface area contributed by atoms with Gasteiger partial charge in [-0.2, -0.15) is 18.3 Å². The van der Waals surface area contributed by atoms with Crippen LogP contribution in [0.4, 0.5) is 13.2 Å². The van der Waals surface area contributed by atoms with Crippen LogP contribution in [-0.4, -0.2) is 40.9 Å². The topological polar surface area (TPSA) is 67.1 Å². The average molecular weight is 550 g/mol. The zero-order chi connectivity index (χ0) is 20.7. The Hall–Kier alpha value is -2.15. The molecular formula is C19H22F3IN6S. The van der Waals surface area contributed by atoms with E-state index in [4.69, 9.17) is 0 Å². The van der Waals surface area contributed by atoms with Crippen molar-refractivity contribution in [2.75, 3.05) is 20.1 Å². The van der Waals surface area contributed by atoms with Crippen LogP contribution in [0.25, 0.3) is 5.69 Å². The number of nitrogens with one attached hydrogen (secondary N) is 2. The van der Waals surface area contributed by atoms with E-state index in [9.17, 15) is 13.2 Å². The van der Waals surface area contributed by atoms with Crippen molar-refractivity contribution in [3.05, 3.63) is 64.4 Å². The zero-order valence-electron chi connectivity index (χ0n) is 16.2. The molecule has 0 bridgehead atoms. The van der Waals surface area contributed by atoms with Crippen LogP contribution in [0.15, 0.2) is 53.1 Å². The van der Waals surface area contributed by atoms with Crippen LogP contribution >= 0.6 is 35.3 Å². The fraction of sp³-hybridized carbons (Fsp3) is 0.316.